The van der Waals surface area contributed by atoms with E-state index in [1.807, 2.05) is 18.7 Å². The largest absolute Gasteiger partial charge is 0.304 e. The van der Waals surface area contributed by atoms with Crippen LogP contribution in [0.1, 0.15) is 37.3 Å². The Morgan fingerprint density at radius 1 is 1.33 bits per heavy atom. The van der Waals surface area contributed by atoms with Crippen LogP contribution in [0.5, 0.6) is 0 Å². The molecule has 0 aliphatic carbocycles. The third-order valence-electron chi connectivity index (χ3n) is 3.30. The fourth-order valence-electron chi connectivity index (χ4n) is 2.39. The molecule has 84 valence electrons. The van der Waals surface area contributed by atoms with Crippen LogP contribution in [0.2, 0.25) is 0 Å². The van der Waals surface area contributed by atoms with E-state index in [1.165, 1.54) is 38.3 Å². The number of nitrogens with zero attached hydrogens (tertiary/aromatic N) is 4. The molecular weight excluding hydrogens is 188 g/mol. The summed E-state index contributed by atoms with van der Waals surface area (Å²) in [6, 6.07) is 0. The lowest BCUT2D eigenvalue weighted by Gasteiger charge is -2.30. The quantitative estimate of drug-likeness (QED) is 0.735. The molecule has 0 aromatic carbocycles. The molecule has 0 radical (unpaired) electrons. The normalized spacial score (nSPS) is 19.7. The van der Waals surface area contributed by atoms with Gasteiger partial charge in [-0.2, -0.15) is 5.10 Å². The van der Waals surface area contributed by atoms with E-state index in [0.29, 0.717) is 5.92 Å². The summed E-state index contributed by atoms with van der Waals surface area (Å²) >= 11 is 0. The van der Waals surface area contributed by atoms with Crippen LogP contribution in [0.15, 0.2) is 0 Å². The average Bonchev–Trinajstić information content (AvgIpc) is 2.58. The van der Waals surface area contributed by atoms with Crippen LogP contribution in [0.4, 0.5) is 0 Å². The summed E-state index contributed by atoms with van der Waals surface area (Å²) in [7, 11) is 2.00. The summed E-state index contributed by atoms with van der Waals surface area (Å²) in [5, 5.41) is 4.32. The fourth-order valence-corrected chi connectivity index (χ4v) is 2.39. The first-order chi connectivity index (χ1) is 7.20. The third kappa shape index (κ3) is 2.20. The van der Waals surface area contributed by atoms with Crippen molar-refractivity contribution >= 4 is 0 Å². The molecule has 4 nitrogen and oxygen atoms in total. The number of hydrogen-bond donors (Lipinski definition) is 0. The number of aromatic nitrogens is 3. The number of piperidine rings is 1. The highest BCUT2D eigenvalue weighted by atomic mass is 15.3. The molecule has 1 aromatic rings. The molecule has 1 aliphatic rings. The van der Waals surface area contributed by atoms with E-state index in [-0.39, 0.29) is 0 Å². The Morgan fingerprint density at radius 2 is 2.00 bits per heavy atom. The zero-order chi connectivity index (χ0) is 10.8. The molecule has 0 spiro atoms. The maximum atomic E-state index is 4.52. The molecular formula is C11H20N4. The highest BCUT2D eigenvalue weighted by Gasteiger charge is 2.23. The molecule has 0 N–H and O–H groups in total. The number of hydrogen-bond acceptors (Lipinski definition) is 3. The van der Waals surface area contributed by atoms with Crippen molar-refractivity contribution in [2.45, 2.75) is 32.6 Å². The summed E-state index contributed by atoms with van der Waals surface area (Å²) in [6.45, 7) is 7.77. The molecule has 2 rings (SSSR count). The summed E-state index contributed by atoms with van der Waals surface area (Å²) in [4.78, 5) is 7.02. The molecule has 1 aromatic heterocycles. The molecule has 15 heavy (non-hydrogen) atoms. The van der Waals surface area contributed by atoms with Gasteiger partial charge in [-0.05, 0) is 39.4 Å². The standard InChI is InChI=1S/C11H20N4/c1-4-15-7-5-10(6-8-15)11-12-9(2)13-14(11)3/h10H,4-8H2,1-3H3. The van der Waals surface area contributed by atoms with Crippen molar-refractivity contribution in [1.82, 2.24) is 19.7 Å². The molecule has 4 heteroatoms. The van der Waals surface area contributed by atoms with Gasteiger partial charge >= 0.3 is 0 Å². The van der Waals surface area contributed by atoms with Crippen molar-refractivity contribution < 1.29 is 0 Å². The van der Waals surface area contributed by atoms with E-state index in [0.717, 1.165) is 5.82 Å². The zero-order valence-corrected chi connectivity index (χ0v) is 9.90. The lowest BCUT2D eigenvalue weighted by molar-refractivity contribution is 0.217. The second-order valence-electron chi connectivity index (χ2n) is 4.35. The minimum absolute atomic E-state index is 0.610. The summed E-state index contributed by atoms with van der Waals surface area (Å²) in [6.07, 6.45) is 2.44. The van der Waals surface area contributed by atoms with Gasteiger partial charge in [-0.25, -0.2) is 4.98 Å². The van der Waals surface area contributed by atoms with E-state index in [1.54, 1.807) is 0 Å². The summed E-state index contributed by atoms with van der Waals surface area (Å²) < 4.78 is 1.95. The van der Waals surface area contributed by atoms with Crippen LogP contribution >= 0.6 is 0 Å². The Morgan fingerprint density at radius 3 is 2.47 bits per heavy atom. The van der Waals surface area contributed by atoms with Crippen LogP contribution < -0.4 is 0 Å². The molecule has 1 fully saturated rings. The monoisotopic (exact) mass is 208 g/mol. The lowest BCUT2D eigenvalue weighted by Crippen LogP contribution is -2.33. The first-order valence-corrected chi connectivity index (χ1v) is 5.80. The first-order valence-electron chi connectivity index (χ1n) is 5.80. The van der Waals surface area contributed by atoms with Crippen molar-refractivity contribution in [2.24, 2.45) is 7.05 Å². The lowest BCUT2D eigenvalue weighted by atomic mass is 9.96. The summed E-state index contributed by atoms with van der Waals surface area (Å²) in [5.74, 6) is 2.67. The van der Waals surface area contributed by atoms with E-state index < -0.39 is 0 Å². The summed E-state index contributed by atoms with van der Waals surface area (Å²) in [5.41, 5.74) is 0. The van der Waals surface area contributed by atoms with E-state index in [4.69, 9.17) is 0 Å². The van der Waals surface area contributed by atoms with Gasteiger partial charge in [0.1, 0.15) is 11.6 Å². The second kappa shape index (κ2) is 4.31. The van der Waals surface area contributed by atoms with Gasteiger partial charge in [0.2, 0.25) is 0 Å². The molecule has 0 atom stereocenters. The van der Waals surface area contributed by atoms with Crippen LogP contribution in [0.25, 0.3) is 0 Å². The Balaban J connectivity index is 2.04. The Bertz CT molecular complexity index is 323. The maximum absolute atomic E-state index is 4.52. The van der Waals surface area contributed by atoms with Crippen LogP contribution in [-0.4, -0.2) is 39.3 Å². The Labute approximate surface area is 91.3 Å². The molecule has 0 saturated carbocycles. The molecule has 0 amide bonds. The maximum Gasteiger partial charge on any atom is 0.147 e. The Hall–Kier alpha value is -0.900. The third-order valence-corrected chi connectivity index (χ3v) is 3.30. The van der Waals surface area contributed by atoms with Gasteiger partial charge in [0.15, 0.2) is 0 Å². The minimum atomic E-state index is 0.610. The molecule has 1 aliphatic heterocycles. The topological polar surface area (TPSA) is 34.0 Å². The van der Waals surface area contributed by atoms with Gasteiger partial charge in [-0.1, -0.05) is 6.92 Å². The molecule has 1 saturated heterocycles. The van der Waals surface area contributed by atoms with E-state index in [9.17, 15) is 0 Å². The molecule has 0 unspecified atom stereocenters. The number of likely N-dealkylation sites (tertiary alicyclic amines) is 1. The van der Waals surface area contributed by atoms with Gasteiger partial charge in [0.05, 0.1) is 0 Å². The van der Waals surface area contributed by atoms with E-state index >= 15 is 0 Å². The van der Waals surface area contributed by atoms with Crippen molar-refractivity contribution in [3.8, 4) is 0 Å². The van der Waals surface area contributed by atoms with Crippen molar-refractivity contribution in [3.05, 3.63) is 11.6 Å². The van der Waals surface area contributed by atoms with Gasteiger partial charge in [0.25, 0.3) is 0 Å². The highest BCUT2D eigenvalue weighted by molar-refractivity contribution is 5.00. The van der Waals surface area contributed by atoms with Gasteiger partial charge in [0, 0.05) is 13.0 Å². The van der Waals surface area contributed by atoms with Gasteiger partial charge in [-0.15, -0.1) is 0 Å². The van der Waals surface area contributed by atoms with Crippen LogP contribution in [0.3, 0.4) is 0 Å². The number of rotatable bonds is 2. The predicted octanol–water partition coefficient (Wildman–Crippen LogP) is 1.32. The highest BCUT2D eigenvalue weighted by Crippen LogP contribution is 2.26. The SMILES string of the molecule is CCN1CCC(c2nc(C)nn2C)CC1. The molecule has 2 heterocycles. The second-order valence-corrected chi connectivity index (χ2v) is 4.35. The van der Waals surface area contributed by atoms with Crippen molar-refractivity contribution in [1.29, 1.82) is 0 Å². The smallest absolute Gasteiger partial charge is 0.147 e. The predicted molar refractivity (Wildman–Crippen MR) is 59.8 cm³/mol. The minimum Gasteiger partial charge on any atom is -0.304 e. The average molecular weight is 208 g/mol. The zero-order valence-electron chi connectivity index (χ0n) is 9.90. The van der Waals surface area contributed by atoms with Crippen molar-refractivity contribution in [3.63, 3.8) is 0 Å². The van der Waals surface area contributed by atoms with E-state index in [2.05, 4.69) is 21.9 Å². The fraction of sp³-hybridized carbons (Fsp3) is 0.818. The van der Waals surface area contributed by atoms with Gasteiger partial charge < -0.3 is 4.90 Å². The number of aryl methyl sites for hydroxylation is 2. The molecule has 0 bridgehead atoms. The first kappa shape index (κ1) is 10.6. The Kier molecular flexibility index (Phi) is 3.05. The van der Waals surface area contributed by atoms with Gasteiger partial charge in [-0.3, -0.25) is 4.68 Å². The van der Waals surface area contributed by atoms with Crippen LogP contribution in [0, 0.1) is 6.92 Å². The van der Waals surface area contributed by atoms with Crippen LogP contribution in [-0.2, 0) is 7.05 Å². The van der Waals surface area contributed by atoms with Crippen molar-refractivity contribution in [2.75, 3.05) is 19.6 Å².